The highest BCUT2D eigenvalue weighted by Crippen LogP contribution is 2.35. The van der Waals surface area contributed by atoms with Crippen LogP contribution in [0, 0.1) is 0 Å². The summed E-state index contributed by atoms with van der Waals surface area (Å²) in [5.74, 6) is 1.18. The molecule has 0 saturated carbocycles. The summed E-state index contributed by atoms with van der Waals surface area (Å²) in [6.07, 6.45) is 4.29. The molecular formula is C22H22N2O3S. The zero-order valence-corrected chi connectivity index (χ0v) is 16.9. The van der Waals surface area contributed by atoms with Crippen LogP contribution in [0.5, 0.6) is 11.5 Å². The fourth-order valence-electron chi connectivity index (χ4n) is 2.65. The minimum absolute atomic E-state index is 0.224. The van der Waals surface area contributed by atoms with Gasteiger partial charge in [-0.15, -0.1) is 11.3 Å². The van der Waals surface area contributed by atoms with Crippen LogP contribution in [0.4, 0.5) is 5.13 Å². The van der Waals surface area contributed by atoms with Gasteiger partial charge in [-0.25, -0.2) is 4.98 Å². The van der Waals surface area contributed by atoms with Crippen LogP contribution in [-0.4, -0.2) is 25.1 Å². The maximum absolute atomic E-state index is 12.2. The van der Waals surface area contributed by atoms with Gasteiger partial charge >= 0.3 is 0 Å². The molecule has 1 aromatic heterocycles. The van der Waals surface area contributed by atoms with E-state index in [0.29, 0.717) is 16.6 Å². The van der Waals surface area contributed by atoms with Crippen molar-refractivity contribution in [2.24, 2.45) is 0 Å². The second kappa shape index (κ2) is 9.19. The van der Waals surface area contributed by atoms with E-state index in [4.69, 9.17) is 9.47 Å². The molecule has 0 spiro atoms. The Bertz CT molecular complexity index is 978. The number of nitrogens with one attached hydrogen (secondary N) is 1. The Hall–Kier alpha value is -3.12. The minimum atomic E-state index is -0.224. The minimum Gasteiger partial charge on any atom is -0.497 e. The lowest BCUT2D eigenvalue weighted by atomic mass is 10.1. The number of aryl methyl sites for hydroxylation is 1. The zero-order chi connectivity index (χ0) is 19.9. The van der Waals surface area contributed by atoms with E-state index in [1.807, 2.05) is 35.7 Å². The summed E-state index contributed by atoms with van der Waals surface area (Å²) in [7, 11) is 3.22. The van der Waals surface area contributed by atoms with Crippen LogP contribution in [0.1, 0.15) is 18.1 Å². The molecule has 2 aromatic carbocycles. The molecule has 5 nitrogen and oxygen atoms in total. The number of carbonyl (C=O) groups is 1. The molecule has 1 N–H and O–H groups in total. The van der Waals surface area contributed by atoms with Crippen LogP contribution in [0.3, 0.4) is 0 Å². The quantitative estimate of drug-likeness (QED) is 0.570. The van der Waals surface area contributed by atoms with Crippen LogP contribution in [0.2, 0.25) is 0 Å². The van der Waals surface area contributed by atoms with E-state index in [1.165, 1.54) is 23.0 Å². The van der Waals surface area contributed by atoms with Crippen LogP contribution in [0.25, 0.3) is 17.3 Å². The number of nitrogens with zero attached hydrogens (tertiary/aromatic N) is 1. The summed E-state index contributed by atoms with van der Waals surface area (Å²) >= 11 is 1.36. The summed E-state index contributed by atoms with van der Waals surface area (Å²) in [5, 5.41) is 5.20. The maximum Gasteiger partial charge on any atom is 0.250 e. The van der Waals surface area contributed by atoms with Gasteiger partial charge in [-0.3, -0.25) is 10.1 Å². The Morgan fingerprint density at radius 1 is 1.14 bits per heavy atom. The molecule has 144 valence electrons. The van der Waals surface area contributed by atoms with Crippen molar-refractivity contribution in [2.75, 3.05) is 19.5 Å². The van der Waals surface area contributed by atoms with Gasteiger partial charge in [0.25, 0.3) is 0 Å². The van der Waals surface area contributed by atoms with E-state index < -0.39 is 0 Å². The summed E-state index contributed by atoms with van der Waals surface area (Å²) in [6.45, 7) is 2.11. The molecule has 0 saturated heterocycles. The van der Waals surface area contributed by atoms with E-state index >= 15 is 0 Å². The van der Waals surface area contributed by atoms with Crippen LogP contribution in [0.15, 0.2) is 53.9 Å². The summed E-state index contributed by atoms with van der Waals surface area (Å²) < 4.78 is 10.7. The van der Waals surface area contributed by atoms with E-state index in [-0.39, 0.29) is 5.91 Å². The van der Waals surface area contributed by atoms with Gasteiger partial charge in [-0.1, -0.05) is 31.2 Å². The molecule has 3 aromatic rings. The number of amides is 1. The Balaban J connectivity index is 1.70. The fourth-order valence-corrected chi connectivity index (χ4v) is 3.37. The largest absolute Gasteiger partial charge is 0.497 e. The molecule has 0 atom stereocenters. The predicted molar refractivity (Wildman–Crippen MR) is 114 cm³/mol. The lowest BCUT2D eigenvalue weighted by molar-refractivity contribution is -0.111. The Labute approximate surface area is 168 Å². The van der Waals surface area contributed by atoms with Crippen molar-refractivity contribution in [1.82, 2.24) is 4.98 Å². The van der Waals surface area contributed by atoms with Crippen molar-refractivity contribution >= 4 is 28.5 Å². The van der Waals surface area contributed by atoms with Gasteiger partial charge in [-0.2, -0.15) is 0 Å². The smallest absolute Gasteiger partial charge is 0.250 e. The van der Waals surface area contributed by atoms with Crippen LogP contribution >= 0.6 is 11.3 Å². The van der Waals surface area contributed by atoms with Crippen molar-refractivity contribution < 1.29 is 14.3 Å². The predicted octanol–water partition coefficient (Wildman–Crippen LogP) is 5.04. The Kier molecular flexibility index (Phi) is 6.45. The highest BCUT2D eigenvalue weighted by atomic mass is 32.1. The summed E-state index contributed by atoms with van der Waals surface area (Å²) in [4.78, 5) is 16.7. The molecule has 28 heavy (non-hydrogen) atoms. The molecule has 0 aliphatic heterocycles. The molecule has 0 aliphatic carbocycles. The third-order valence-corrected chi connectivity index (χ3v) is 4.99. The molecule has 0 bridgehead atoms. The molecular weight excluding hydrogens is 372 g/mol. The number of rotatable bonds is 7. The van der Waals surface area contributed by atoms with Gasteiger partial charge in [0.1, 0.15) is 11.5 Å². The van der Waals surface area contributed by atoms with Crippen LogP contribution < -0.4 is 14.8 Å². The van der Waals surface area contributed by atoms with E-state index in [0.717, 1.165) is 23.2 Å². The second-order valence-corrected chi connectivity index (χ2v) is 6.88. The normalized spacial score (nSPS) is 10.8. The highest BCUT2D eigenvalue weighted by molar-refractivity contribution is 7.14. The van der Waals surface area contributed by atoms with Crippen molar-refractivity contribution in [3.8, 4) is 22.8 Å². The average Bonchev–Trinajstić information content (AvgIpc) is 3.20. The van der Waals surface area contributed by atoms with E-state index in [1.54, 1.807) is 20.3 Å². The van der Waals surface area contributed by atoms with Gasteiger partial charge in [0, 0.05) is 17.0 Å². The van der Waals surface area contributed by atoms with Gasteiger partial charge < -0.3 is 9.47 Å². The standard InChI is InChI=1S/C22H22N2O3S/c1-4-15-5-7-16(8-6-15)9-12-21(25)24-22-23-19(14-28-22)18-13-17(26-2)10-11-20(18)27-3/h5-14H,4H2,1-3H3,(H,23,24,25)/b12-9+. The van der Waals surface area contributed by atoms with Gasteiger partial charge in [0.15, 0.2) is 5.13 Å². The molecule has 0 unspecified atom stereocenters. The number of anilines is 1. The molecule has 1 amide bonds. The number of thiazole rings is 1. The third-order valence-electron chi connectivity index (χ3n) is 4.23. The summed E-state index contributed by atoms with van der Waals surface area (Å²) in [5.41, 5.74) is 3.78. The topological polar surface area (TPSA) is 60.5 Å². The monoisotopic (exact) mass is 394 g/mol. The molecule has 3 rings (SSSR count). The lowest BCUT2D eigenvalue weighted by Gasteiger charge is -2.08. The third kappa shape index (κ3) is 4.78. The molecule has 0 fully saturated rings. The average molecular weight is 394 g/mol. The first-order chi connectivity index (χ1) is 13.6. The van der Waals surface area contributed by atoms with Crippen molar-refractivity contribution in [1.29, 1.82) is 0 Å². The second-order valence-electron chi connectivity index (χ2n) is 6.02. The van der Waals surface area contributed by atoms with Crippen molar-refractivity contribution in [3.05, 3.63) is 65.0 Å². The maximum atomic E-state index is 12.2. The number of hydrogen-bond donors (Lipinski definition) is 1. The summed E-state index contributed by atoms with van der Waals surface area (Å²) in [6, 6.07) is 13.6. The fraction of sp³-hybridized carbons (Fsp3) is 0.182. The van der Waals surface area contributed by atoms with Crippen molar-refractivity contribution in [2.45, 2.75) is 13.3 Å². The number of ether oxygens (including phenoxy) is 2. The number of hydrogen-bond acceptors (Lipinski definition) is 5. The Morgan fingerprint density at radius 3 is 2.61 bits per heavy atom. The van der Waals surface area contributed by atoms with Crippen LogP contribution in [-0.2, 0) is 11.2 Å². The molecule has 1 heterocycles. The van der Waals surface area contributed by atoms with Crippen molar-refractivity contribution in [3.63, 3.8) is 0 Å². The zero-order valence-electron chi connectivity index (χ0n) is 16.1. The molecule has 0 radical (unpaired) electrons. The van der Waals surface area contributed by atoms with E-state index in [9.17, 15) is 4.79 Å². The number of carbonyl (C=O) groups excluding carboxylic acids is 1. The number of aromatic nitrogens is 1. The molecule has 0 aliphatic rings. The number of benzene rings is 2. The number of methoxy groups -OCH3 is 2. The van der Waals surface area contributed by atoms with Gasteiger partial charge in [0.05, 0.1) is 19.9 Å². The first-order valence-electron chi connectivity index (χ1n) is 8.89. The first kappa shape index (κ1) is 19.6. The highest BCUT2D eigenvalue weighted by Gasteiger charge is 2.12. The lowest BCUT2D eigenvalue weighted by Crippen LogP contribution is -2.07. The molecule has 6 heteroatoms. The van der Waals surface area contributed by atoms with E-state index in [2.05, 4.69) is 29.4 Å². The Morgan fingerprint density at radius 2 is 1.93 bits per heavy atom. The van der Waals surface area contributed by atoms with Gasteiger partial charge in [-0.05, 0) is 41.8 Å². The SMILES string of the molecule is CCc1ccc(/C=C/C(=O)Nc2nc(-c3cc(OC)ccc3OC)cs2)cc1. The van der Waals surface area contributed by atoms with Gasteiger partial charge in [0.2, 0.25) is 5.91 Å². The first-order valence-corrected chi connectivity index (χ1v) is 9.76.